The highest BCUT2D eigenvalue weighted by atomic mass is 32.1. The fourth-order valence-corrected chi connectivity index (χ4v) is 4.19. The van der Waals surface area contributed by atoms with Gasteiger partial charge in [0.05, 0.1) is 26.1 Å². The number of carbonyl (C=O) groups is 1. The minimum absolute atomic E-state index is 0.381. The van der Waals surface area contributed by atoms with Gasteiger partial charge in [0.1, 0.15) is 11.1 Å². The van der Waals surface area contributed by atoms with Crippen LogP contribution in [0, 0.1) is 5.41 Å². The van der Waals surface area contributed by atoms with Gasteiger partial charge in [0.25, 0.3) is 0 Å². The summed E-state index contributed by atoms with van der Waals surface area (Å²) in [5.41, 5.74) is 6.04. The lowest BCUT2D eigenvalue weighted by Gasteiger charge is -2.33. The van der Waals surface area contributed by atoms with Crippen molar-refractivity contribution in [3.63, 3.8) is 0 Å². The van der Waals surface area contributed by atoms with Crippen LogP contribution in [0.5, 0.6) is 0 Å². The number of hydroxylamine groups is 1. The van der Waals surface area contributed by atoms with Crippen molar-refractivity contribution in [2.75, 3.05) is 19.3 Å². The average molecular weight is 363 g/mol. The Balaban J connectivity index is 2.29. The van der Waals surface area contributed by atoms with Crippen LogP contribution in [0.15, 0.2) is 30.0 Å². The lowest BCUT2D eigenvalue weighted by atomic mass is 9.73. The van der Waals surface area contributed by atoms with Crippen molar-refractivity contribution in [3.05, 3.63) is 39.7 Å². The number of nitrogens with zero attached hydrogens (tertiary/aromatic N) is 1. The summed E-state index contributed by atoms with van der Waals surface area (Å²) in [6, 6.07) is 1.87. The third-order valence-electron chi connectivity index (χ3n) is 4.54. The zero-order chi connectivity index (χ0) is 18.4. The van der Waals surface area contributed by atoms with Gasteiger partial charge in [-0.05, 0) is 54.5 Å². The quantitative estimate of drug-likeness (QED) is 0.351. The van der Waals surface area contributed by atoms with Gasteiger partial charge in [-0.15, -0.1) is 11.3 Å². The van der Waals surface area contributed by atoms with Crippen LogP contribution >= 0.6 is 11.3 Å². The first-order chi connectivity index (χ1) is 11.9. The first-order valence-electron chi connectivity index (χ1n) is 8.27. The van der Waals surface area contributed by atoms with Gasteiger partial charge in [0, 0.05) is 4.88 Å². The second-order valence-corrected chi connectivity index (χ2v) is 7.99. The predicted molar refractivity (Wildman–Crippen MR) is 98.1 cm³/mol. The minimum Gasteiger partial charge on any atom is -0.496 e. The van der Waals surface area contributed by atoms with Gasteiger partial charge in [0.2, 0.25) is 0 Å². The van der Waals surface area contributed by atoms with E-state index in [1.807, 2.05) is 6.07 Å². The number of anilines is 1. The maximum absolute atomic E-state index is 12.1. The molecule has 1 aliphatic rings. The van der Waals surface area contributed by atoms with Crippen LogP contribution in [0.1, 0.15) is 60.0 Å². The van der Waals surface area contributed by atoms with Crippen LogP contribution in [-0.4, -0.2) is 25.4 Å². The molecule has 1 aromatic heterocycles. The summed E-state index contributed by atoms with van der Waals surface area (Å²) in [4.78, 5) is 13.6. The summed E-state index contributed by atoms with van der Waals surface area (Å²) in [7, 11) is 2.84. The highest BCUT2D eigenvalue weighted by Crippen LogP contribution is 2.46. The van der Waals surface area contributed by atoms with Crippen molar-refractivity contribution >= 4 is 23.0 Å². The molecule has 0 atom stereocenters. The van der Waals surface area contributed by atoms with Crippen molar-refractivity contribution in [1.82, 2.24) is 0 Å². The fourth-order valence-electron chi connectivity index (χ4n) is 2.95. The smallest absolute Gasteiger partial charge is 0.350 e. The van der Waals surface area contributed by atoms with E-state index >= 15 is 0 Å². The van der Waals surface area contributed by atoms with E-state index < -0.39 is 5.97 Å². The van der Waals surface area contributed by atoms with Gasteiger partial charge in [-0.25, -0.2) is 9.86 Å². The molecule has 6 heteroatoms. The van der Waals surface area contributed by atoms with Crippen molar-refractivity contribution in [2.45, 2.75) is 45.4 Å². The maximum Gasteiger partial charge on any atom is 0.350 e. The Bertz CT molecular complexity index is 699. The van der Waals surface area contributed by atoms with Crippen LogP contribution in [0.2, 0.25) is 0 Å². The van der Waals surface area contributed by atoms with Crippen LogP contribution in [0.25, 0.3) is 0 Å². The number of thiophene rings is 1. The van der Waals surface area contributed by atoms with E-state index in [2.05, 4.69) is 25.3 Å². The lowest BCUT2D eigenvalue weighted by Crippen LogP contribution is -2.19. The first kappa shape index (κ1) is 19.4. The van der Waals surface area contributed by atoms with Gasteiger partial charge in [-0.1, -0.05) is 13.8 Å². The molecular formula is C19H25NO4S. The van der Waals surface area contributed by atoms with E-state index in [0.29, 0.717) is 21.9 Å². The topological polar surface area (TPSA) is 59.0 Å². The van der Waals surface area contributed by atoms with Crippen molar-refractivity contribution in [2.24, 2.45) is 5.41 Å². The van der Waals surface area contributed by atoms with Crippen molar-refractivity contribution < 1.29 is 19.5 Å². The van der Waals surface area contributed by atoms with E-state index in [9.17, 15) is 10.0 Å². The monoisotopic (exact) mass is 363 g/mol. The fraction of sp³-hybridized carbons (Fsp3) is 0.526. The standard InChI is InChI=1S/C19H25NO4S/c1-19(2)9-7-14(8-10-19)16-13-15(17(25-16)18(21)24-4)20(22)11-5-6-12-23-3/h11-14,22H,7-10H2,1-4H3. The normalized spacial score (nSPS) is 16.4. The largest absolute Gasteiger partial charge is 0.496 e. The Labute approximate surface area is 152 Å². The molecule has 25 heavy (non-hydrogen) atoms. The average Bonchev–Trinajstić information content (AvgIpc) is 3.03. The zero-order valence-corrected chi connectivity index (χ0v) is 16.0. The molecule has 1 N–H and O–H groups in total. The molecule has 0 aromatic carbocycles. The van der Waals surface area contributed by atoms with E-state index in [0.717, 1.165) is 35.6 Å². The lowest BCUT2D eigenvalue weighted by molar-refractivity contribution is 0.0605. The Kier molecular flexibility index (Phi) is 6.51. The van der Waals surface area contributed by atoms with Crippen LogP contribution in [-0.2, 0) is 9.47 Å². The number of hydrogen-bond acceptors (Lipinski definition) is 6. The molecule has 136 valence electrons. The SMILES string of the molecule is COC=C=C=CN(O)c1cc(C2CCC(C)(C)CC2)sc1C(=O)OC. The highest BCUT2D eigenvalue weighted by molar-refractivity contribution is 7.14. The molecule has 1 heterocycles. The minimum atomic E-state index is -0.453. The van der Waals surface area contributed by atoms with Gasteiger partial charge in [-0.2, -0.15) is 0 Å². The van der Waals surface area contributed by atoms with Crippen LogP contribution < -0.4 is 5.06 Å². The Morgan fingerprint density at radius 3 is 2.64 bits per heavy atom. The third-order valence-corrected chi connectivity index (χ3v) is 5.80. The zero-order valence-electron chi connectivity index (χ0n) is 15.2. The van der Waals surface area contributed by atoms with E-state index in [-0.39, 0.29) is 0 Å². The molecule has 0 spiro atoms. The number of esters is 1. The maximum atomic E-state index is 12.1. The molecule has 0 radical (unpaired) electrons. The molecule has 1 aliphatic carbocycles. The predicted octanol–water partition coefficient (Wildman–Crippen LogP) is 4.84. The highest BCUT2D eigenvalue weighted by Gasteiger charge is 2.30. The van der Waals surface area contributed by atoms with Crippen molar-refractivity contribution in [1.29, 1.82) is 0 Å². The molecule has 2 rings (SSSR count). The molecule has 0 amide bonds. The summed E-state index contributed by atoms with van der Waals surface area (Å²) in [6.45, 7) is 4.59. The van der Waals surface area contributed by atoms with Crippen LogP contribution in [0.3, 0.4) is 0 Å². The molecule has 1 fully saturated rings. The number of methoxy groups -OCH3 is 2. The molecule has 0 bridgehead atoms. The molecule has 0 saturated heterocycles. The number of hydrogen-bond donors (Lipinski definition) is 1. The molecule has 1 aromatic rings. The third kappa shape index (κ3) is 5.00. The number of carbonyl (C=O) groups excluding carboxylic acids is 1. The second kappa shape index (κ2) is 8.41. The Morgan fingerprint density at radius 2 is 2.04 bits per heavy atom. The second-order valence-electron chi connectivity index (χ2n) is 6.91. The molecule has 1 saturated carbocycles. The van der Waals surface area contributed by atoms with Crippen LogP contribution in [0.4, 0.5) is 5.69 Å². The van der Waals surface area contributed by atoms with E-state index in [1.165, 1.54) is 38.0 Å². The first-order valence-corrected chi connectivity index (χ1v) is 9.08. The summed E-state index contributed by atoms with van der Waals surface area (Å²) in [5, 5.41) is 11.1. The van der Waals surface area contributed by atoms with E-state index in [4.69, 9.17) is 9.47 Å². The van der Waals surface area contributed by atoms with Gasteiger partial charge < -0.3 is 9.47 Å². The molecule has 5 nitrogen and oxygen atoms in total. The van der Waals surface area contributed by atoms with Crippen molar-refractivity contribution in [3.8, 4) is 0 Å². The molecular weight excluding hydrogens is 338 g/mol. The summed E-state index contributed by atoms with van der Waals surface area (Å²) < 4.78 is 9.58. The molecule has 0 aliphatic heterocycles. The van der Waals surface area contributed by atoms with Gasteiger partial charge >= 0.3 is 5.97 Å². The number of ether oxygens (including phenoxy) is 2. The number of rotatable bonds is 5. The Hall–Kier alpha value is -1.97. The van der Waals surface area contributed by atoms with Gasteiger partial charge in [-0.3, -0.25) is 5.21 Å². The summed E-state index contributed by atoms with van der Waals surface area (Å²) >= 11 is 1.39. The van der Waals surface area contributed by atoms with Gasteiger partial charge in [0.15, 0.2) is 0 Å². The van der Waals surface area contributed by atoms with E-state index in [1.54, 1.807) is 0 Å². The Morgan fingerprint density at radius 1 is 1.36 bits per heavy atom. The molecule has 0 unspecified atom stereocenters. The summed E-state index contributed by atoms with van der Waals surface area (Å²) in [6.07, 6.45) is 7.10. The summed E-state index contributed by atoms with van der Waals surface area (Å²) in [5.74, 6) is -0.0391.